The Morgan fingerprint density at radius 2 is 1.86 bits per heavy atom. The minimum Gasteiger partial charge on any atom is -0.381 e. The molecule has 2 fully saturated rings. The minimum atomic E-state index is 0.258. The number of nitrogens with zero attached hydrogens (tertiary/aromatic N) is 2. The first kappa shape index (κ1) is 17.7. The molecule has 2 aliphatic heterocycles. The number of piperidine rings is 1. The SMILES string of the molecule is CC(C)COCCC(=O)N1CCC(CN2CCOCC2)CC1. The Morgan fingerprint density at radius 1 is 1.18 bits per heavy atom. The lowest BCUT2D eigenvalue weighted by atomic mass is 9.96. The predicted octanol–water partition coefficient (Wildman–Crippen LogP) is 1.62. The van der Waals surface area contributed by atoms with E-state index in [1.165, 1.54) is 6.54 Å². The van der Waals surface area contributed by atoms with Gasteiger partial charge in [0.05, 0.1) is 26.2 Å². The molecule has 0 aromatic heterocycles. The molecule has 0 spiro atoms. The highest BCUT2D eigenvalue weighted by Gasteiger charge is 2.24. The third-order valence-corrected chi connectivity index (χ3v) is 4.50. The lowest BCUT2D eigenvalue weighted by molar-refractivity contribution is -0.133. The molecule has 5 nitrogen and oxygen atoms in total. The molecule has 2 saturated heterocycles. The summed E-state index contributed by atoms with van der Waals surface area (Å²) in [6.45, 7) is 12.4. The van der Waals surface area contributed by atoms with Crippen molar-refractivity contribution in [2.75, 3.05) is 59.2 Å². The molecule has 22 heavy (non-hydrogen) atoms. The number of likely N-dealkylation sites (tertiary alicyclic amines) is 1. The van der Waals surface area contributed by atoms with Gasteiger partial charge in [-0.2, -0.15) is 0 Å². The molecule has 0 bridgehead atoms. The largest absolute Gasteiger partial charge is 0.381 e. The summed E-state index contributed by atoms with van der Waals surface area (Å²) in [6.07, 6.45) is 2.80. The van der Waals surface area contributed by atoms with Crippen molar-refractivity contribution in [1.29, 1.82) is 0 Å². The summed E-state index contributed by atoms with van der Waals surface area (Å²) in [5, 5.41) is 0. The second kappa shape index (κ2) is 9.48. The third-order valence-electron chi connectivity index (χ3n) is 4.50. The number of hydrogen-bond donors (Lipinski definition) is 0. The Morgan fingerprint density at radius 3 is 2.50 bits per heavy atom. The number of morpholine rings is 1. The second-order valence-corrected chi connectivity index (χ2v) is 6.96. The second-order valence-electron chi connectivity index (χ2n) is 6.96. The lowest BCUT2D eigenvalue weighted by Crippen LogP contribution is -2.44. The van der Waals surface area contributed by atoms with Crippen LogP contribution in [0.3, 0.4) is 0 Å². The summed E-state index contributed by atoms with van der Waals surface area (Å²) in [6, 6.07) is 0. The van der Waals surface area contributed by atoms with Crippen molar-refractivity contribution in [3.05, 3.63) is 0 Å². The van der Waals surface area contributed by atoms with Gasteiger partial charge in [-0.05, 0) is 24.7 Å². The van der Waals surface area contributed by atoms with Gasteiger partial charge in [-0.25, -0.2) is 0 Å². The van der Waals surface area contributed by atoms with E-state index in [4.69, 9.17) is 9.47 Å². The van der Waals surface area contributed by atoms with Crippen LogP contribution < -0.4 is 0 Å². The van der Waals surface area contributed by atoms with Gasteiger partial charge in [0.25, 0.3) is 0 Å². The zero-order valence-electron chi connectivity index (χ0n) is 14.3. The number of rotatable bonds is 7. The van der Waals surface area contributed by atoms with Crippen molar-refractivity contribution in [1.82, 2.24) is 9.80 Å². The highest BCUT2D eigenvalue weighted by molar-refractivity contribution is 5.76. The van der Waals surface area contributed by atoms with Crippen LogP contribution in [0.15, 0.2) is 0 Å². The lowest BCUT2D eigenvalue weighted by Gasteiger charge is -2.36. The molecule has 2 rings (SSSR count). The Balaban J connectivity index is 1.58. The standard InChI is InChI=1S/C17H32N2O3/c1-15(2)14-22-10-5-17(20)19-6-3-16(4-7-19)13-18-8-11-21-12-9-18/h15-16H,3-14H2,1-2H3. The van der Waals surface area contributed by atoms with Gasteiger partial charge in [0, 0.05) is 39.3 Å². The molecule has 128 valence electrons. The van der Waals surface area contributed by atoms with Gasteiger partial charge in [-0.1, -0.05) is 13.8 Å². The van der Waals surface area contributed by atoms with Crippen molar-refractivity contribution in [3.8, 4) is 0 Å². The Labute approximate surface area is 134 Å². The van der Waals surface area contributed by atoms with E-state index >= 15 is 0 Å². The van der Waals surface area contributed by atoms with E-state index in [9.17, 15) is 4.79 Å². The van der Waals surface area contributed by atoms with Crippen LogP contribution in [-0.2, 0) is 14.3 Å². The molecular formula is C17H32N2O3. The normalized spacial score (nSPS) is 21.5. The van der Waals surface area contributed by atoms with Crippen molar-refractivity contribution in [2.24, 2.45) is 11.8 Å². The molecule has 0 saturated carbocycles. The molecule has 0 N–H and O–H groups in total. The summed E-state index contributed by atoms with van der Waals surface area (Å²) in [5.74, 6) is 1.53. The quantitative estimate of drug-likeness (QED) is 0.670. The van der Waals surface area contributed by atoms with Gasteiger partial charge in [-0.3, -0.25) is 9.69 Å². The first-order valence-electron chi connectivity index (χ1n) is 8.80. The molecule has 0 atom stereocenters. The van der Waals surface area contributed by atoms with E-state index in [0.29, 0.717) is 18.9 Å². The fourth-order valence-electron chi connectivity index (χ4n) is 3.15. The molecule has 2 heterocycles. The fourth-order valence-corrected chi connectivity index (χ4v) is 3.15. The Bertz CT molecular complexity index is 322. The summed E-state index contributed by atoms with van der Waals surface area (Å²) in [4.78, 5) is 16.7. The van der Waals surface area contributed by atoms with Crippen LogP contribution in [0.5, 0.6) is 0 Å². The van der Waals surface area contributed by atoms with E-state index in [-0.39, 0.29) is 5.91 Å². The topological polar surface area (TPSA) is 42.0 Å². The van der Waals surface area contributed by atoms with Crippen molar-refractivity contribution in [3.63, 3.8) is 0 Å². The first-order chi connectivity index (χ1) is 10.6. The monoisotopic (exact) mass is 312 g/mol. The first-order valence-corrected chi connectivity index (χ1v) is 8.80. The van der Waals surface area contributed by atoms with Crippen LogP contribution in [0, 0.1) is 11.8 Å². The Kier molecular flexibility index (Phi) is 7.63. The van der Waals surface area contributed by atoms with Crippen molar-refractivity contribution < 1.29 is 14.3 Å². The van der Waals surface area contributed by atoms with Crippen LogP contribution >= 0.6 is 0 Å². The van der Waals surface area contributed by atoms with E-state index in [0.717, 1.165) is 64.8 Å². The van der Waals surface area contributed by atoms with Gasteiger partial charge >= 0.3 is 0 Å². The number of carbonyl (C=O) groups is 1. The zero-order valence-corrected chi connectivity index (χ0v) is 14.3. The summed E-state index contributed by atoms with van der Waals surface area (Å²) < 4.78 is 10.9. The summed E-state index contributed by atoms with van der Waals surface area (Å²) in [7, 11) is 0. The van der Waals surface area contributed by atoms with Gasteiger partial charge in [0.15, 0.2) is 0 Å². The Hall–Kier alpha value is -0.650. The van der Waals surface area contributed by atoms with Gasteiger partial charge in [0.2, 0.25) is 5.91 Å². The van der Waals surface area contributed by atoms with E-state index in [2.05, 4.69) is 18.7 Å². The molecule has 0 aliphatic carbocycles. The molecule has 2 aliphatic rings. The zero-order chi connectivity index (χ0) is 15.8. The van der Waals surface area contributed by atoms with Gasteiger partial charge in [-0.15, -0.1) is 0 Å². The van der Waals surface area contributed by atoms with Gasteiger partial charge < -0.3 is 14.4 Å². The molecular weight excluding hydrogens is 280 g/mol. The summed E-state index contributed by atoms with van der Waals surface area (Å²) in [5.41, 5.74) is 0. The third kappa shape index (κ3) is 6.23. The number of amides is 1. The number of carbonyl (C=O) groups excluding carboxylic acids is 1. The average molecular weight is 312 g/mol. The number of ether oxygens (including phenoxy) is 2. The smallest absolute Gasteiger partial charge is 0.224 e. The molecule has 0 radical (unpaired) electrons. The predicted molar refractivity (Wildman–Crippen MR) is 86.8 cm³/mol. The highest BCUT2D eigenvalue weighted by Crippen LogP contribution is 2.19. The van der Waals surface area contributed by atoms with Crippen LogP contribution in [0.2, 0.25) is 0 Å². The minimum absolute atomic E-state index is 0.258. The maximum atomic E-state index is 12.2. The van der Waals surface area contributed by atoms with E-state index in [1.54, 1.807) is 0 Å². The van der Waals surface area contributed by atoms with Crippen LogP contribution in [0.1, 0.15) is 33.1 Å². The molecule has 5 heteroatoms. The molecule has 0 aromatic carbocycles. The van der Waals surface area contributed by atoms with Gasteiger partial charge in [0.1, 0.15) is 0 Å². The highest BCUT2D eigenvalue weighted by atomic mass is 16.5. The maximum absolute atomic E-state index is 12.2. The van der Waals surface area contributed by atoms with E-state index < -0.39 is 0 Å². The average Bonchev–Trinajstić information content (AvgIpc) is 2.53. The van der Waals surface area contributed by atoms with Crippen LogP contribution in [-0.4, -0.2) is 74.9 Å². The van der Waals surface area contributed by atoms with E-state index in [1.807, 2.05) is 4.90 Å². The fraction of sp³-hybridized carbons (Fsp3) is 0.941. The molecule has 0 unspecified atom stereocenters. The molecule has 0 aromatic rings. The van der Waals surface area contributed by atoms with Crippen LogP contribution in [0.25, 0.3) is 0 Å². The maximum Gasteiger partial charge on any atom is 0.224 e. The van der Waals surface area contributed by atoms with Crippen molar-refractivity contribution >= 4 is 5.91 Å². The van der Waals surface area contributed by atoms with Crippen molar-refractivity contribution in [2.45, 2.75) is 33.1 Å². The molecule has 1 amide bonds. The number of hydrogen-bond acceptors (Lipinski definition) is 4. The summed E-state index contributed by atoms with van der Waals surface area (Å²) >= 11 is 0. The van der Waals surface area contributed by atoms with Crippen LogP contribution in [0.4, 0.5) is 0 Å².